The van der Waals surface area contributed by atoms with Crippen molar-refractivity contribution >= 4 is 54.0 Å². The van der Waals surface area contributed by atoms with E-state index in [2.05, 4.69) is 106 Å². The minimum Gasteiger partial charge on any atom is -0.320 e. The quantitative estimate of drug-likeness (QED) is 0.221. The maximum Gasteiger partial charge on any atom is 0.111 e. The van der Waals surface area contributed by atoms with Gasteiger partial charge in [-0.1, -0.05) is 48.5 Å². The average Bonchev–Trinajstić information content (AvgIpc) is 3.25. The average molecular weight is 395 g/mol. The smallest absolute Gasteiger partial charge is 0.111 e. The molecule has 0 saturated heterocycles. The summed E-state index contributed by atoms with van der Waals surface area (Å²) in [6.45, 7) is 0. The standard InChI is InChI=1S/C28H17N3/c1-2-6-19-12-24-23(11-18(19)5-1)15-28(31-16-22-9-10-29-30-27(22)17-31)26-14-21-8-4-3-7-20(21)13-25(24)26/h1-17H. The largest absolute Gasteiger partial charge is 0.320 e. The third-order valence-corrected chi connectivity index (χ3v) is 6.26. The van der Waals surface area contributed by atoms with E-state index in [1.54, 1.807) is 6.20 Å². The first-order chi connectivity index (χ1) is 15.3. The minimum atomic E-state index is 0.898. The van der Waals surface area contributed by atoms with Gasteiger partial charge in [-0.15, -0.1) is 5.10 Å². The van der Waals surface area contributed by atoms with Crippen LogP contribution < -0.4 is 0 Å². The van der Waals surface area contributed by atoms with E-state index in [1.807, 2.05) is 6.07 Å². The SMILES string of the molecule is c1ccc2cc3c(cc(-n4cc5ccnnc5c4)c4cc5ccccc5cc43)cc2c1. The molecule has 5 aromatic carbocycles. The molecule has 0 aliphatic heterocycles. The first-order valence-corrected chi connectivity index (χ1v) is 10.4. The highest BCUT2D eigenvalue weighted by atomic mass is 15.1. The zero-order valence-corrected chi connectivity index (χ0v) is 16.7. The van der Waals surface area contributed by atoms with Crippen LogP contribution in [0.15, 0.2) is 104 Å². The Bertz CT molecular complexity index is 1760. The van der Waals surface area contributed by atoms with Crippen LogP contribution in [0, 0.1) is 0 Å². The third kappa shape index (κ3) is 2.47. The fourth-order valence-corrected chi connectivity index (χ4v) is 4.74. The van der Waals surface area contributed by atoms with E-state index in [9.17, 15) is 0 Å². The number of rotatable bonds is 1. The van der Waals surface area contributed by atoms with Gasteiger partial charge in [0.1, 0.15) is 5.52 Å². The molecule has 0 N–H and O–H groups in total. The van der Waals surface area contributed by atoms with Crippen LogP contribution in [0.2, 0.25) is 0 Å². The van der Waals surface area contributed by atoms with Crippen LogP contribution in [-0.2, 0) is 0 Å². The second kappa shape index (κ2) is 6.13. The Hall–Kier alpha value is -4.24. The summed E-state index contributed by atoms with van der Waals surface area (Å²) in [5.41, 5.74) is 2.05. The highest BCUT2D eigenvalue weighted by molar-refractivity contribution is 6.18. The molecule has 144 valence electrons. The van der Waals surface area contributed by atoms with E-state index in [0.717, 1.165) is 16.6 Å². The van der Waals surface area contributed by atoms with Crippen LogP contribution in [0.4, 0.5) is 0 Å². The summed E-state index contributed by atoms with van der Waals surface area (Å²) in [5.74, 6) is 0. The summed E-state index contributed by atoms with van der Waals surface area (Å²) >= 11 is 0. The molecule has 0 unspecified atom stereocenters. The number of fused-ring (bicyclic) bond motifs is 6. The van der Waals surface area contributed by atoms with Gasteiger partial charge in [0.05, 0.1) is 11.9 Å². The normalized spacial score (nSPS) is 11.9. The topological polar surface area (TPSA) is 30.7 Å². The molecule has 7 rings (SSSR count). The lowest BCUT2D eigenvalue weighted by Gasteiger charge is -2.14. The number of hydrogen-bond acceptors (Lipinski definition) is 2. The fraction of sp³-hybridized carbons (Fsp3) is 0. The zero-order valence-electron chi connectivity index (χ0n) is 16.7. The molecule has 0 saturated carbocycles. The molecular formula is C28H17N3. The van der Waals surface area contributed by atoms with E-state index in [4.69, 9.17) is 0 Å². The first kappa shape index (κ1) is 16.5. The maximum absolute atomic E-state index is 4.29. The molecule has 0 amide bonds. The van der Waals surface area contributed by atoms with Crippen molar-refractivity contribution in [1.82, 2.24) is 14.8 Å². The van der Waals surface area contributed by atoms with E-state index in [0.29, 0.717) is 0 Å². The van der Waals surface area contributed by atoms with Crippen LogP contribution in [0.3, 0.4) is 0 Å². The van der Waals surface area contributed by atoms with Crippen molar-refractivity contribution < 1.29 is 0 Å². The summed E-state index contributed by atoms with van der Waals surface area (Å²) < 4.78 is 2.19. The summed E-state index contributed by atoms with van der Waals surface area (Å²) in [4.78, 5) is 0. The Morgan fingerprint density at radius 1 is 0.516 bits per heavy atom. The molecule has 2 aromatic heterocycles. The number of hydrogen-bond donors (Lipinski definition) is 0. The Morgan fingerprint density at radius 2 is 1.16 bits per heavy atom. The summed E-state index contributed by atoms with van der Waals surface area (Å²) in [6, 6.07) is 30.7. The van der Waals surface area contributed by atoms with Gasteiger partial charge in [0.2, 0.25) is 0 Å². The molecule has 3 heteroatoms. The molecule has 7 aromatic rings. The van der Waals surface area contributed by atoms with Crippen LogP contribution in [0.1, 0.15) is 0 Å². The van der Waals surface area contributed by atoms with Gasteiger partial charge >= 0.3 is 0 Å². The number of aromatic nitrogens is 3. The maximum atomic E-state index is 4.29. The van der Waals surface area contributed by atoms with Crippen molar-refractivity contribution in [2.45, 2.75) is 0 Å². The van der Waals surface area contributed by atoms with Crippen molar-refractivity contribution in [3.8, 4) is 5.69 Å². The third-order valence-electron chi connectivity index (χ3n) is 6.26. The molecule has 0 bridgehead atoms. The summed E-state index contributed by atoms with van der Waals surface area (Å²) in [5, 5.41) is 19.4. The van der Waals surface area contributed by atoms with Gasteiger partial charge in [0.25, 0.3) is 0 Å². The van der Waals surface area contributed by atoms with Gasteiger partial charge in [-0.2, -0.15) is 5.10 Å². The Morgan fingerprint density at radius 3 is 1.87 bits per heavy atom. The van der Waals surface area contributed by atoms with Crippen molar-refractivity contribution in [2.75, 3.05) is 0 Å². The predicted octanol–water partition coefficient (Wildman–Crippen LogP) is 7.03. The Kier molecular flexibility index (Phi) is 3.27. The van der Waals surface area contributed by atoms with Gasteiger partial charge in [-0.25, -0.2) is 0 Å². The van der Waals surface area contributed by atoms with Gasteiger partial charge in [0, 0.05) is 23.2 Å². The predicted molar refractivity (Wildman–Crippen MR) is 129 cm³/mol. The lowest BCUT2D eigenvalue weighted by atomic mass is 9.94. The van der Waals surface area contributed by atoms with Crippen LogP contribution in [0.25, 0.3) is 59.7 Å². The molecule has 0 spiro atoms. The van der Waals surface area contributed by atoms with E-state index >= 15 is 0 Å². The second-order valence-electron chi connectivity index (χ2n) is 8.10. The van der Waals surface area contributed by atoms with Gasteiger partial charge < -0.3 is 4.57 Å². The lowest BCUT2D eigenvalue weighted by molar-refractivity contribution is 1.06. The lowest BCUT2D eigenvalue weighted by Crippen LogP contribution is -1.93. The molecule has 0 radical (unpaired) electrons. The van der Waals surface area contributed by atoms with Gasteiger partial charge in [0.15, 0.2) is 0 Å². The van der Waals surface area contributed by atoms with Crippen LogP contribution >= 0.6 is 0 Å². The molecule has 0 aliphatic rings. The zero-order chi connectivity index (χ0) is 20.4. The van der Waals surface area contributed by atoms with Gasteiger partial charge in [-0.3, -0.25) is 0 Å². The fourth-order valence-electron chi connectivity index (χ4n) is 4.74. The number of nitrogens with zero attached hydrogens (tertiary/aromatic N) is 3. The van der Waals surface area contributed by atoms with Crippen molar-refractivity contribution in [3.63, 3.8) is 0 Å². The van der Waals surface area contributed by atoms with E-state index in [1.165, 1.54) is 43.1 Å². The summed E-state index contributed by atoms with van der Waals surface area (Å²) in [6.07, 6.45) is 5.95. The monoisotopic (exact) mass is 395 g/mol. The summed E-state index contributed by atoms with van der Waals surface area (Å²) in [7, 11) is 0. The molecule has 0 atom stereocenters. The molecule has 0 aliphatic carbocycles. The second-order valence-corrected chi connectivity index (χ2v) is 8.10. The van der Waals surface area contributed by atoms with Crippen molar-refractivity contribution in [1.29, 1.82) is 0 Å². The molecule has 3 nitrogen and oxygen atoms in total. The Labute approximate surface area is 178 Å². The highest BCUT2D eigenvalue weighted by Crippen LogP contribution is 2.36. The van der Waals surface area contributed by atoms with Crippen LogP contribution in [-0.4, -0.2) is 14.8 Å². The molecule has 0 fully saturated rings. The van der Waals surface area contributed by atoms with Crippen LogP contribution in [0.5, 0.6) is 0 Å². The van der Waals surface area contributed by atoms with Crippen molar-refractivity contribution in [2.24, 2.45) is 0 Å². The van der Waals surface area contributed by atoms with E-state index < -0.39 is 0 Å². The Balaban J connectivity index is 1.67. The van der Waals surface area contributed by atoms with Crippen molar-refractivity contribution in [3.05, 3.63) is 104 Å². The minimum absolute atomic E-state index is 0.898. The number of benzene rings is 5. The molecular weight excluding hydrogens is 378 g/mol. The van der Waals surface area contributed by atoms with E-state index in [-0.39, 0.29) is 0 Å². The highest BCUT2D eigenvalue weighted by Gasteiger charge is 2.12. The molecule has 2 heterocycles. The van der Waals surface area contributed by atoms with Gasteiger partial charge in [-0.05, 0) is 74.1 Å². The molecule has 31 heavy (non-hydrogen) atoms. The first-order valence-electron chi connectivity index (χ1n) is 10.4.